The van der Waals surface area contributed by atoms with Gasteiger partial charge in [0.2, 0.25) is 0 Å². The van der Waals surface area contributed by atoms with E-state index in [1.54, 1.807) is 55.4 Å². The summed E-state index contributed by atoms with van der Waals surface area (Å²) in [4.78, 5) is 0. The summed E-state index contributed by atoms with van der Waals surface area (Å²) in [5.41, 5.74) is -0.694. The molecule has 21 heavy (non-hydrogen) atoms. The third-order valence-electron chi connectivity index (χ3n) is 1.48. The number of rotatable bonds is 1. The second kappa shape index (κ2) is 14.1. The predicted molar refractivity (Wildman–Crippen MR) is 82.7 cm³/mol. The molecule has 1 rings (SSSR count). The van der Waals surface area contributed by atoms with Crippen LogP contribution in [-0.2, 0) is 26.5 Å². The van der Waals surface area contributed by atoms with E-state index in [0.717, 1.165) is 0 Å². The average molecular weight is 344 g/mol. The molecule has 0 radical (unpaired) electrons. The Morgan fingerprint density at radius 3 is 1.05 bits per heavy atom. The summed E-state index contributed by atoms with van der Waals surface area (Å²) in [5, 5.41) is 33.5. The zero-order chi connectivity index (χ0) is 17.1. The number of epoxide rings is 1. The molecule has 1 heterocycles. The van der Waals surface area contributed by atoms with E-state index in [9.17, 15) is 0 Å². The van der Waals surface area contributed by atoms with Gasteiger partial charge in [-0.05, 0) is 62.3 Å². The first-order chi connectivity index (χ1) is 8.61. The summed E-state index contributed by atoms with van der Waals surface area (Å²) < 4.78 is 4.91. The van der Waals surface area contributed by atoms with Crippen LogP contribution in [-0.4, -0.2) is 56.5 Å². The van der Waals surface area contributed by atoms with E-state index in [1.165, 1.54) is 0 Å². The van der Waals surface area contributed by atoms with Crippen molar-refractivity contribution < 1.29 is 46.9 Å². The maximum absolute atomic E-state index is 8.83. The van der Waals surface area contributed by atoms with Gasteiger partial charge in [0.15, 0.2) is 0 Å². The van der Waals surface area contributed by atoms with Gasteiger partial charge >= 0.3 is 0 Å². The van der Waals surface area contributed by atoms with Crippen LogP contribution in [0.1, 0.15) is 62.3 Å². The van der Waals surface area contributed by atoms with Crippen LogP contribution in [0, 0.1) is 0 Å². The first-order valence-electron chi connectivity index (χ1n) is 7.02. The van der Waals surface area contributed by atoms with Gasteiger partial charge in [-0.1, -0.05) is 0 Å². The van der Waals surface area contributed by atoms with Gasteiger partial charge in [-0.3, -0.25) is 0 Å². The molecule has 2 atom stereocenters. The number of hydrogen-bond donors (Lipinski definition) is 4. The molecule has 0 aliphatic carbocycles. The fourth-order valence-corrected chi connectivity index (χ4v) is 0.355. The Balaban J connectivity index is -0.0000000937. The van der Waals surface area contributed by atoms with Crippen LogP contribution < -0.4 is 0 Å². The Hall–Kier alpha value is 0.514. The van der Waals surface area contributed by atoms with Crippen molar-refractivity contribution in [3.05, 3.63) is 0 Å². The van der Waals surface area contributed by atoms with Crippen molar-refractivity contribution in [3.63, 3.8) is 0 Å². The van der Waals surface area contributed by atoms with Gasteiger partial charge in [0.05, 0.1) is 18.3 Å². The molecule has 0 saturated carbocycles. The molecule has 1 aliphatic heterocycles. The van der Waals surface area contributed by atoms with Crippen LogP contribution in [0.4, 0.5) is 0 Å². The smallest absolute Gasteiger partial charge is 0.114 e. The molecule has 4 N–H and O–H groups in total. The van der Waals surface area contributed by atoms with Gasteiger partial charge in [-0.25, -0.2) is 0 Å². The molecule has 5 nitrogen and oxygen atoms in total. The van der Waals surface area contributed by atoms with Crippen LogP contribution in [0.15, 0.2) is 0 Å². The summed E-state index contributed by atoms with van der Waals surface area (Å²) in [5.74, 6) is 0. The van der Waals surface area contributed by atoms with E-state index in [4.69, 9.17) is 25.2 Å². The van der Waals surface area contributed by atoms with Crippen molar-refractivity contribution in [2.45, 2.75) is 91.8 Å². The first-order valence-corrected chi connectivity index (χ1v) is 7.02. The third kappa shape index (κ3) is 53.0. The molecule has 1 fully saturated rings. The fourth-order valence-electron chi connectivity index (χ4n) is 0.355. The normalized spacial score (nSPS) is 20.7. The Kier molecular flexibility index (Phi) is 19.9. The van der Waals surface area contributed by atoms with Crippen LogP contribution >= 0.6 is 0 Å². The Bertz CT molecular complexity index is 191. The quantitative estimate of drug-likeness (QED) is 0.429. The Morgan fingerprint density at radius 1 is 0.905 bits per heavy atom. The van der Waals surface area contributed by atoms with E-state index in [-0.39, 0.29) is 45.6 Å². The number of hydrogen-bond acceptors (Lipinski definition) is 5. The van der Waals surface area contributed by atoms with Gasteiger partial charge in [-0.15, -0.1) is 0 Å². The molecule has 0 bridgehead atoms. The van der Waals surface area contributed by atoms with E-state index in [0.29, 0.717) is 6.61 Å². The molecule has 0 aromatic heterocycles. The van der Waals surface area contributed by atoms with Crippen LogP contribution in [0.25, 0.3) is 0 Å². The van der Waals surface area contributed by atoms with Gasteiger partial charge in [0.1, 0.15) is 5.60 Å². The number of aliphatic hydroxyl groups excluding tert-OH is 3. The molecule has 0 unspecified atom stereocenters. The number of aliphatic hydroxyl groups is 4. The van der Waals surface area contributed by atoms with Crippen molar-refractivity contribution in [1.29, 1.82) is 0 Å². The SMILES string of the molecule is CC(C)(C)O.CC(C)O.CC(C)O.C[C@@H](O)[C@]1(C)CO1.[Ti]. The standard InChI is InChI=1S/C5H10O2.C4H10O.2C3H8O.Ti/c1-4(6)5(2)3-7-5;1-4(2,3)5;2*1-3(2)4;/h4,6H,3H2,1-2H3;5H,1-3H3;2*3-4H,1-2H3;/t4-,5+;;;;/m1..../s1. The van der Waals surface area contributed by atoms with Crippen LogP contribution in [0.2, 0.25) is 0 Å². The van der Waals surface area contributed by atoms with Crippen LogP contribution in [0.5, 0.6) is 0 Å². The molecule has 1 aliphatic rings. The van der Waals surface area contributed by atoms with Gasteiger partial charge < -0.3 is 25.2 Å². The van der Waals surface area contributed by atoms with Crippen molar-refractivity contribution >= 4 is 0 Å². The van der Waals surface area contributed by atoms with E-state index in [1.807, 2.05) is 6.92 Å². The average Bonchev–Trinajstić information content (AvgIpc) is 2.79. The van der Waals surface area contributed by atoms with E-state index in [2.05, 4.69) is 0 Å². The van der Waals surface area contributed by atoms with Crippen molar-refractivity contribution in [2.75, 3.05) is 6.61 Å². The molecule has 1 saturated heterocycles. The van der Waals surface area contributed by atoms with E-state index < -0.39 is 5.60 Å². The molecular formula is C15H36O5Ti. The zero-order valence-corrected chi connectivity index (χ0v) is 16.7. The minimum atomic E-state index is -0.500. The molecule has 0 spiro atoms. The maximum Gasteiger partial charge on any atom is 0.114 e. The van der Waals surface area contributed by atoms with Crippen molar-refractivity contribution in [1.82, 2.24) is 0 Å². The van der Waals surface area contributed by atoms with Gasteiger partial charge in [-0.2, -0.15) is 0 Å². The molecule has 6 heteroatoms. The number of ether oxygens (including phenoxy) is 1. The van der Waals surface area contributed by atoms with E-state index >= 15 is 0 Å². The molecule has 0 aromatic carbocycles. The molecule has 0 amide bonds. The maximum atomic E-state index is 8.83. The summed E-state index contributed by atoms with van der Waals surface area (Å²) in [6, 6.07) is 0. The minimum Gasteiger partial charge on any atom is -0.394 e. The summed E-state index contributed by atoms with van der Waals surface area (Å²) >= 11 is 0. The first kappa shape index (κ1) is 29.5. The molecule has 0 aromatic rings. The van der Waals surface area contributed by atoms with Crippen molar-refractivity contribution in [3.8, 4) is 0 Å². The van der Waals surface area contributed by atoms with Crippen molar-refractivity contribution in [2.24, 2.45) is 0 Å². The second-order valence-corrected chi connectivity index (χ2v) is 6.64. The largest absolute Gasteiger partial charge is 0.394 e. The monoisotopic (exact) mass is 344 g/mol. The minimum absolute atomic E-state index is 0. The van der Waals surface area contributed by atoms with Gasteiger partial charge in [0, 0.05) is 33.9 Å². The second-order valence-electron chi connectivity index (χ2n) is 6.64. The third-order valence-corrected chi connectivity index (χ3v) is 1.48. The summed E-state index contributed by atoms with van der Waals surface area (Å²) in [6.07, 6.45) is -0.646. The Morgan fingerprint density at radius 2 is 1.05 bits per heavy atom. The molecular weight excluding hydrogens is 308 g/mol. The van der Waals surface area contributed by atoms with Gasteiger partial charge in [0.25, 0.3) is 0 Å². The summed E-state index contributed by atoms with van der Waals surface area (Å²) in [7, 11) is 0. The molecule has 130 valence electrons. The fraction of sp³-hybridized carbons (Fsp3) is 1.00. The predicted octanol–water partition coefficient (Wildman–Crippen LogP) is 1.70. The zero-order valence-electron chi connectivity index (χ0n) is 15.1. The van der Waals surface area contributed by atoms with Crippen LogP contribution in [0.3, 0.4) is 0 Å². The summed E-state index contributed by atoms with van der Waals surface area (Å²) in [6.45, 7) is 16.5. The Labute approximate surface area is 145 Å². The topological polar surface area (TPSA) is 93.5 Å².